The summed E-state index contributed by atoms with van der Waals surface area (Å²) >= 11 is 7.21. The monoisotopic (exact) mass is 463 g/mol. The minimum Gasteiger partial charge on any atom is -0.298 e. The average Bonchev–Trinajstić information content (AvgIpc) is 3.41. The molecule has 158 valence electrons. The number of alkyl halides is 3. The summed E-state index contributed by atoms with van der Waals surface area (Å²) in [7, 11) is 0. The number of carbonyl (C=O) groups excluding carboxylic acids is 1. The second-order valence-electron chi connectivity index (χ2n) is 6.42. The first-order chi connectivity index (χ1) is 14.8. The van der Waals surface area contributed by atoms with Gasteiger partial charge in [0.1, 0.15) is 0 Å². The van der Waals surface area contributed by atoms with Crippen molar-refractivity contribution >= 4 is 34.0 Å². The Morgan fingerprint density at radius 2 is 2.00 bits per heavy atom. The molecule has 0 bridgehead atoms. The molecule has 1 amide bonds. The number of thiazole rings is 1. The van der Waals surface area contributed by atoms with E-state index in [9.17, 15) is 18.0 Å². The second-order valence-corrected chi connectivity index (χ2v) is 7.94. The summed E-state index contributed by atoms with van der Waals surface area (Å²) < 4.78 is 40.4. The van der Waals surface area contributed by atoms with Crippen molar-refractivity contribution in [3.63, 3.8) is 0 Å². The Labute approximate surface area is 183 Å². The number of halogens is 4. The molecule has 6 nitrogen and oxygen atoms in total. The number of rotatable bonds is 5. The summed E-state index contributed by atoms with van der Waals surface area (Å²) in [4.78, 5) is 21.4. The molecule has 0 radical (unpaired) electrons. The van der Waals surface area contributed by atoms with Gasteiger partial charge >= 0.3 is 6.18 Å². The summed E-state index contributed by atoms with van der Waals surface area (Å²) in [6.07, 6.45) is 1.98. The lowest BCUT2D eigenvalue weighted by molar-refractivity contribution is -0.137. The third kappa shape index (κ3) is 4.92. The van der Waals surface area contributed by atoms with Crippen LogP contribution >= 0.6 is 22.9 Å². The van der Waals surface area contributed by atoms with Crippen LogP contribution in [-0.2, 0) is 12.6 Å². The topological polar surface area (TPSA) is 72.7 Å². The van der Waals surface area contributed by atoms with Gasteiger partial charge < -0.3 is 0 Å². The number of aromatic nitrogens is 4. The molecule has 0 unspecified atom stereocenters. The molecule has 0 atom stereocenters. The fraction of sp³-hybridized carbons (Fsp3) is 0.100. The van der Waals surface area contributed by atoms with Gasteiger partial charge in [-0.2, -0.15) is 18.3 Å². The van der Waals surface area contributed by atoms with Gasteiger partial charge in [0.05, 0.1) is 11.1 Å². The lowest BCUT2D eigenvalue weighted by atomic mass is 10.1. The van der Waals surface area contributed by atoms with Crippen molar-refractivity contribution in [1.82, 2.24) is 19.7 Å². The molecule has 3 heterocycles. The third-order valence-corrected chi connectivity index (χ3v) is 5.54. The van der Waals surface area contributed by atoms with E-state index in [0.29, 0.717) is 27.0 Å². The molecule has 0 spiro atoms. The number of nitrogens with zero attached hydrogens (tertiary/aromatic N) is 4. The zero-order chi connectivity index (χ0) is 22.0. The van der Waals surface area contributed by atoms with E-state index in [4.69, 9.17) is 11.6 Å². The van der Waals surface area contributed by atoms with Crippen LogP contribution in [0.4, 0.5) is 18.3 Å². The van der Waals surface area contributed by atoms with Crippen molar-refractivity contribution in [1.29, 1.82) is 0 Å². The number of benzene rings is 1. The standard InChI is InChI=1S/C20H13ClF3N5OS/c21-16-4-3-14(20(22,23)24)8-13(16)9-15-11-26-19(31-15)28-18(30)12-2-5-17(25-10-12)29-7-1-6-27-29/h1-8,10-11H,9H2,(H,26,28,30). The summed E-state index contributed by atoms with van der Waals surface area (Å²) in [5.41, 5.74) is -0.110. The SMILES string of the molecule is O=C(Nc1ncc(Cc2cc(C(F)(F)F)ccc2Cl)s1)c1ccc(-n2cccn2)nc1. The molecule has 31 heavy (non-hydrogen) atoms. The summed E-state index contributed by atoms with van der Waals surface area (Å²) in [6, 6.07) is 8.21. The van der Waals surface area contributed by atoms with Crippen LogP contribution in [0.25, 0.3) is 5.82 Å². The highest BCUT2D eigenvalue weighted by molar-refractivity contribution is 7.15. The first-order valence-electron chi connectivity index (χ1n) is 8.87. The quantitative estimate of drug-likeness (QED) is 0.439. The van der Waals surface area contributed by atoms with E-state index in [1.165, 1.54) is 18.5 Å². The molecular weight excluding hydrogens is 451 g/mol. The zero-order valence-corrected chi connectivity index (χ0v) is 17.2. The second kappa shape index (κ2) is 8.48. The van der Waals surface area contributed by atoms with Gasteiger partial charge in [-0.1, -0.05) is 11.6 Å². The van der Waals surface area contributed by atoms with E-state index in [-0.39, 0.29) is 11.4 Å². The number of nitrogens with one attached hydrogen (secondary N) is 1. The van der Waals surface area contributed by atoms with Gasteiger partial charge in [0.2, 0.25) is 0 Å². The fourth-order valence-electron chi connectivity index (χ4n) is 2.75. The molecular formula is C20H13ClF3N5OS. The Morgan fingerprint density at radius 3 is 2.68 bits per heavy atom. The number of amides is 1. The van der Waals surface area contributed by atoms with Gasteiger partial charge in [0.25, 0.3) is 5.91 Å². The largest absolute Gasteiger partial charge is 0.416 e. The van der Waals surface area contributed by atoms with E-state index in [0.717, 1.165) is 23.5 Å². The molecule has 0 saturated carbocycles. The van der Waals surface area contributed by atoms with Crippen LogP contribution in [0, 0.1) is 0 Å². The van der Waals surface area contributed by atoms with Crippen molar-refractivity contribution in [2.45, 2.75) is 12.6 Å². The van der Waals surface area contributed by atoms with Crippen molar-refractivity contribution in [3.8, 4) is 5.82 Å². The molecule has 1 N–H and O–H groups in total. The molecule has 0 saturated heterocycles. The zero-order valence-electron chi connectivity index (χ0n) is 15.6. The van der Waals surface area contributed by atoms with E-state index < -0.39 is 17.6 Å². The fourth-order valence-corrected chi connectivity index (χ4v) is 3.77. The average molecular weight is 464 g/mol. The van der Waals surface area contributed by atoms with Crippen LogP contribution in [0.3, 0.4) is 0 Å². The van der Waals surface area contributed by atoms with Crippen LogP contribution in [0.2, 0.25) is 5.02 Å². The van der Waals surface area contributed by atoms with E-state index in [1.807, 2.05) is 0 Å². The molecule has 0 aliphatic carbocycles. The van der Waals surface area contributed by atoms with E-state index >= 15 is 0 Å². The predicted octanol–water partition coefficient (Wildman–Crippen LogP) is 5.24. The van der Waals surface area contributed by atoms with Crippen LogP contribution in [0.5, 0.6) is 0 Å². The number of hydrogen-bond donors (Lipinski definition) is 1. The molecule has 4 rings (SSSR count). The molecule has 0 fully saturated rings. The Kier molecular flexibility index (Phi) is 5.75. The maximum atomic E-state index is 12.9. The number of hydrogen-bond acceptors (Lipinski definition) is 5. The molecule has 3 aromatic heterocycles. The highest BCUT2D eigenvalue weighted by Gasteiger charge is 2.31. The lowest BCUT2D eigenvalue weighted by Gasteiger charge is -2.09. The third-order valence-electron chi connectivity index (χ3n) is 4.26. The van der Waals surface area contributed by atoms with Gasteiger partial charge in [-0.05, 0) is 42.0 Å². The van der Waals surface area contributed by atoms with Crippen LogP contribution in [0.15, 0.2) is 61.2 Å². The van der Waals surface area contributed by atoms with Crippen molar-refractivity contribution in [3.05, 3.63) is 87.8 Å². The van der Waals surface area contributed by atoms with Crippen molar-refractivity contribution in [2.24, 2.45) is 0 Å². The Balaban J connectivity index is 1.44. The molecule has 1 aromatic carbocycles. The maximum absolute atomic E-state index is 12.9. The Bertz CT molecular complexity index is 1210. The van der Waals surface area contributed by atoms with Crippen LogP contribution in [-0.4, -0.2) is 25.7 Å². The minimum atomic E-state index is -4.45. The van der Waals surface area contributed by atoms with E-state index in [2.05, 4.69) is 20.4 Å². The van der Waals surface area contributed by atoms with E-state index in [1.54, 1.807) is 35.3 Å². The smallest absolute Gasteiger partial charge is 0.298 e. The van der Waals surface area contributed by atoms with Gasteiger partial charge in [-0.25, -0.2) is 14.6 Å². The van der Waals surface area contributed by atoms with Crippen LogP contribution < -0.4 is 5.32 Å². The first-order valence-corrected chi connectivity index (χ1v) is 10.1. The number of pyridine rings is 1. The van der Waals surface area contributed by atoms with Gasteiger partial charge in [-0.15, -0.1) is 11.3 Å². The van der Waals surface area contributed by atoms with Crippen molar-refractivity contribution < 1.29 is 18.0 Å². The summed E-state index contributed by atoms with van der Waals surface area (Å²) in [5.74, 6) is 0.161. The molecule has 11 heteroatoms. The highest BCUT2D eigenvalue weighted by Crippen LogP contribution is 2.33. The first kappa shape index (κ1) is 21.0. The van der Waals surface area contributed by atoms with Gasteiger partial charge in [-0.3, -0.25) is 10.1 Å². The Hall–Kier alpha value is -3.24. The Morgan fingerprint density at radius 1 is 1.16 bits per heavy atom. The normalized spacial score (nSPS) is 11.5. The minimum absolute atomic E-state index is 0.163. The summed E-state index contributed by atoms with van der Waals surface area (Å²) in [5, 5.41) is 7.28. The number of carbonyl (C=O) groups is 1. The maximum Gasteiger partial charge on any atom is 0.416 e. The van der Waals surface area contributed by atoms with Gasteiger partial charge in [0.15, 0.2) is 10.9 Å². The number of anilines is 1. The van der Waals surface area contributed by atoms with Gasteiger partial charge in [0, 0.05) is 41.1 Å². The lowest BCUT2D eigenvalue weighted by Crippen LogP contribution is -2.12. The predicted molar refractivity (Wildman–Crippen MR) is 111 cm³/mol. The van der Waals surface area contributed by atoms with Crippen LogP contribution in [0.1, 0.15) is 26.4 Å². The van der Waals surface area contributed by atoms with Crippen molar-refractivity contribution in [2.75, 3.05) is 5.32 Å². The summed E-state index contributed by atoms with van der Waals surface area (Å²) in [6.45, 7) is 0. The molecule has 4 aromatic rings. The highest BCUT2D eigenvalue weighted by atomic mass is 35.5. The molecule has 0 aliphatic rings. The molecule has 0 aliphatic heterocycles.